The molecule has 3 N–H and O–H groups in total. The van der Waals surface area contributed by atoms with E-state index in [9.17, 15) is 4.79 Å². The predicted molar refractivity (Wildman–Crippen MR) is 70.8 cm³/mol. The van der Waals surface area contributed by atoms with Crippen LogP contribution in [0, 0.1) is 6.92 Å². The van der Waals surface area contributed by atoms with Gasteiger partial charge in [0.25, 0.3) is 0 Å². The number of hydrogen-bond donors (Lipinski definition) is 3. The van der Waals surface area contributed by atoms with E-state index in [1.54, 1.807) is 6.92 Å². The van der Waals surface area contributed by atoms with Gasteiger partial charge in [-0.15, -0.1) is 0 Å². The number of hydrogen-bond acceptors (Lipinski definition) is 2. The minimum atomic E-state index is -0.270. The smallest absolute Gasteiger partial charge is 0.315 e. The van der Waals surface area contributed by atoms with Gasteiger partial charge in [0.15, 0.2) is 0 Å². The second kappa shape index (κ2) is 6.61. The molecule has 1 atom stereocenters. The summed E-state index contributed by atoms with van der Waals surface area (Å²) in [7, 11) is 0. The van der Waals surface area contributed by atoms with Crippen LogP contribution in [0.3, 0.4) is 0 Å². The average Bonchev–Trinajstić information content (AvgIpc) is 2.27. The Balaban J connectivity index is 2.47. The van der Waals surface area contributed by atoms with Gasteiger partial charge in [-0.2, -0.15) is 0 Å². The van der Waals surface area contributed by atoms with Crippen molar-refractivity contribution in [1.29, 1.82) is 0 Å². The summed E-state index contributed by atoms with van der Waals surface area (Å²) in [4.78, 5) is 11.4. The highest BCUT2D eigenvalue weighted by Gasteiger charge is 2.06. The molecule has 0 aliphatic heterocycles. The summed E-state index contributed by atoms with van der Waals surface area (Å²) < 4.78 is 1.03. The molecule has 1 aromatic carbocycles. The largest absolute Gasteiger partial charge is 0.394 e. The Morgan fingerprint density at radius 1 is 1.53 bits per heavy atom. The third-order valence-electron chi connectivity index (χ3n) is 2.40. The van der Waals surface area contributed by atoms with Gasteiger partial charge in [-0.05, 0) is 37.1 Å². The molecule has 0 saturated heterocycles. The third kappa shape index (κ3) is 4.75. The van der Waals surface area contributed by atoms with E-state index < -0.39 is 0 Å². The molecule has 4 nitrogen and oxygen atoms in total. The number of carbonyl (C=O) groups is 1. The monoisotopic (exact) mass is 300 g/mol. The lowest BCUT2D eigenvalue weighted by Crippen LogP contribution is -2.42. The highest BCUT2D eigenvalue weighted by Crippen LogP contribution is 2.15. The van der Waals surface area contributed by atoms with E-state index in [-0.39, 0.29) is 18.7 Å². The molecule has 0 spiro atoms. The standard InChI is InChI=1S/C12H17BrN2O2/c1-8-5-11(13)4-3-10(8)6-14-12(17)15-9(2)7-16/h3-5,9,16H,6-7H2,1-2H3,(H2,14,15,17). The van der Waals surface area contributed by atoms with E-state index in [2.05, 4.69) is 26.6 Å². The Bertz CT molecular complexity index is 396. The summed E-state index contributed by atoms with van der Waals surface area (Å²) in [6, 6.07) is 5.41. The number of aliphatic hydroxyl groups excluding tert-OH is 1. The van der Waals surface area contributed by atoms with Gasteiger partial charge in [0.1, 0.15) is 0 Å². The Kier molecular flexibility index (Phi) is 5.44. The van der Waals surface area contributed by atoms with Gasteiger partial charge in [-0.3, -0.25) is 0 Å². The lowest BCUT2D eigenvalue weighted by molar-refractivity contribution is 0.220. The number of nitrogens with one attached hydrogen (secondary N) is 2. The van der Waals surface area contributed by atoms with Crippen LogP contribution in [0.25, 0.3) is 0 Å². The molecule has 0 fully saturated rings. The first kappa shape index (κ1) is 14.0. The molecule has 0 heterocycles. The minimum Gasteiger partial charge on any atom is -0.394 e. The molecule has 17 heavy (non-hydrogen) atoms. The molecule has 2 amide bonds. The summed E-state index contributed by atoms with van der Waals surface area (Å²) in [5, 5.41) is 14.2. The van der Waals surface area contributed by atoms with E-state index in [1.165, 1.54) is 0 Å². The fraction of sp³-hybridized carbons (Fsp3) is 0.417. The zero-order valence-corrected chi connectivity index (χ0v) is 11.5. The highest BCUT2D eigenvalue weighted by molar-refractivity contribution is 9.10. The Morgan fingerprint density at radius 2 is 2.24 bits per heavy atom. The number of halogens is 1. The number of benzene rings is 1. The summed E-state index contributed by atoms with van der Waals surface area (Å²) in [6.07, 6.45) is 0. The van der Waals surface area contributed by atoms with Crippen LogP contribution in [0.5, 0.6) is 0 Å². The van der Waals surface area contributed by atoms with Crippen molar-refractivity contribution in [2.75, 3.05) is 6.61 Å². The Hall–Kier alpha value is -1.07. The van der Waals surface area contributed by atoms with Gasteiger partial charge in [-0.25, -0.2) is 4.79 Å². The normalized spacial score (nSPS) is 12.0. The summed E-state index contributed by atoms with van der Waals surface area (Å²) in [6.45, 7) is 4.15. The van der Waals surface area contributed by atoms with Crippen LogP contribution in [0.15, 0.2) is 22.7 Å². The van der Waals surface area contributed by atoms with E-state index in [0.29, 0.717) is 6.54 Å². The average molecular weight is 301 g/mol. The van der Waals surface area contributed by atoms with E-state index in [1.807, 2.05) is 25.1 Å². The summed E-state index contributed by atoms with van der Waals surface area (Å²) in [5.74, 6) is 0. The fourth-order valence-corrected chi connectivity index (χ4v) is 1.83. The molecule has 0 bridgehead atoms. The maximum Gasteiger partial charge on any atom is 0.315 e. The van der Waals surface area contributed by atoms with Gasteiger partial charge in [0.2, 0.25) is 0 Å². The van der Waals surface area contributed by atoms with Crippen LogP contribution in [0.2, 0.25) is 0 Å². The molecular formula is C12H17BrN2O2. The lowest BCUT2D eigenvalue weighted by Gasteiger charge is -2.13. The number of rotatable bonds is 4. The van der Waals surface area contributed by atoms with Crippen LogP contribution in [-0.4, -0.2) is 23.8 Å². The first-order valence-corrected chi connectivity index (χ1v) is 6.22. The van der Waals surface area contributed by atoms with Crippen molar-refractivity contribution in [2.24, 2.45) is 0 Å². The van der Waals surface area contributed by atoms with Crippen LogP contribution in [0.1, 0.15) is 18.1 Å². The number of urea groups is 1. The fourth-order valence-electron chi connectivity index (χ4n) is 1.35. The molecule has 1 aromatic rings. The van der Waals surface area contributed by atoms with Crippen LogP contribution in [0.4, 0.5) is 4.79 Å². The van der Waals surface area contributed by atoms with Crippen molar-refractivity contribution in [2.45, 2.75) is 26.4 Å². The van der Waals surface area contributed by atoms with Gasteiger partial charge in [0, 0.05) is 11.0 Å². The van der Waals surface area contributed by atoms with Gasteiger partial charge < -0.3 is 15.7 Å². The van der Waals surface area contributed by atoms with Crippen molar-refractivity contribution in [3.63, 3.8) is 0 Å². The molecular weight excluding hydrogens is 284 g/mol. The first-order valence-electron chi connectivity index (χ1n) is 5.43. The second-order valence-corrected chi connectivity index (χ2v) is 4.90. The zero-order chi connectivity index (χ0) is 12.8. The van der Waals surface area contributed by atoms with Gasteiger partial charge in [0.05, 0.1) is 12.6 Å². The molecule has 5 heteroatoms. The minimum absolute atomic E-state index is 0.0648. The maximum absolute atomic E-state index is 11.4. The molecule has 0 radical (unpaired) electrons. The third-order valence-corrected chi connectivity index (χ3v) is 2.89. The molecule has 0 saturated carbocycles. The summed E-state index contributed by atoms with van der Waals surface area (Å²) >= 11 is 3.39. The first-order chi connectivity index (χ1) is 8.02. The topological polar surface area (TPSA) is 61.4 Å². The molecule has 94 valence electrons. The molecule has 0 aliphatic carbocycles. The quantitative estimate of drug-likeness (QED) is 0.796. The van der Waals surface area contributed by atoms with Crippen LogP contribution in [-0.2, 0) is 6.54 Å². The molecule has 1 unspecified atom stereocenters. The SMILES string of the molecule is Cc1cc(Br)ccc1CNC(=O)NC(C)CO. The Labute approximate surface area is 110 Å². The van der Waals surface area contributed by atoms with Crippen LogP contribution < -0.4 is 10.6 Å². The van der Waals surface area contributed by atoms with Crippen molar-refractivity contribution in [3.8, 4) is 0 Å². The van der Waals surface area contributed by atoms with E-state index in [0.717, 1.165) is 15.6 Å². The number of aliphatic hydroxyl groups is 1. The number of amides is 2. The van der Waals surface area contributed by atoms with Crippen molar-refractivity contribution in [3.05, 3.63) is 33.8 Å². The van der Waals surface area contributed by atoms with Crippen molar-refractivity contribution < 1.29 is 9.90 Å². The highest BCUT2D eigenvalue weighted by atomic mass is 79.9. The van der Waals surface area contributed by atoms with Crippen LogP contribution >= 0.6 is 15.9 Å². The number of aryl methyl sites for hydroxylation is 1. The second-order valence-electron chi connectivity index (χ2n) is 3.98. The van der Waals surface area contributed by atoms with Gasteiger partial charge >= 0.3 is 6.03 Å². The maximum atomic E-state index is 11.4. The lowest BCUT2D eigenvalue weighted by atomic mass is 10.1. The Morgan fingerprint density at radius 3 is 2.82 bits per heavy atom. The van der Waals surface area contributed by atoms with Crippen molar-refractivity contribution in [1.82, 2.24) is 10.6 Å². The van der Waals surface area contributed by atoms with Gasteiger partial charge in [-0.1, -0.05) is 22.0 Å². The molecule has 1 rings (SSSR count). The molecule has 0 aliphatic rings. The van der Waals surface area contributed by atoms with E-state index in [4.69, 9.17) is 5.11 Å². The zero-order valence-electron chi connectivity index (χ0n) is 9.96. The molecule has 0 aromatic heterocycles. The van der Waals surface area contributed by atoms with Crippen molar-refractivity contribution >= 4 is 22.0 Å². The summed E-state index contributed by atoms with van der Waals surface area (Å²) in [5.41, 5.74) is 2.19. The van der Waals surface area contributed by atoms with E-state index >= 15 is 0 Å². The predicted octanol–water partition coefficient (Wildman–Crippen LogP) is 1.94. The number of carbonyl (C=O) groups excluding carboxylic acids is 1.